The predicted octanol–water partition coefficient (Wildman–Crippen LogP) is 3.51. The quantitative estimate of drug-likeness (QED) is 0.601. The lowest BCUT2D eigenvalue weighted by Gasteiger charge is -2.38. The Morgan fingerprint density at radius 1 is 1.29 bits per heavy atom. The molecule has 78 valence electrons. The van der Waals surface area contributed by atoms with Crippen LogP contribution < -0.4 is 0 Å². The van der Waals surface area contributed by atoms with Gasteiger partial charge in [0.05, 0.1) is 0 Å². The van der Waals surface area contributed by atoms with Crippen molar-refractivity contribution in [2.24, 2.45) is 0 Å². The first-order valence-corrected chi connectivity index (χ1v) is 5.45. The summed E-state index contributed by atoms with van der Waals surface area (Å²) in [5.41, 5.74) is 1.21. The Kier molecular flexibility index (Phi) is 4.51. The summed E-state index contributed by atoms with van der Waals surface area (Å²) in [4.78, 5) is 2.44. The summed E-state index contributed by atoms with van der Waals surface area (Å²) in [5, 5.41) is 0. The molecule has 0 radical (unpaired) electrons. The lowest BCUT2D eigenvalue weighted by atomic mass is 9.98. The maximum atomic E-state index is 4.12. The van der Waals surface area contributed by atoms with Gasteiger partial charge in [0.15, 0.2) is 0 Å². The molecule has 1 saturated heterocycles. The maximum Gasteiger partial charge on any atom is 0.0321 e. The monoisotopic (exact) mass is 191 g/mol. The SMILES string of the molecule is C=CCC(=C)N1CCCCC1CC=C. The van der Waals surface area contributed by atoms with Crippen LogP contribution in [-0.4, -0.2) is 17.5 Å². The van der Waals surface area contributed by atoms with Gasteiger partial charge in [0, 0.05) is 24.7 Å². The molecule has 0 aromatic rings. The molecule has 0 amide bonds. The lowest BCUT2D eigenvalue weighted by Crippen LogP contribution is -2.38. The summed E-state index contributed by atoms with van der Waals surface area (Å²) in [6, 6.07) is 0.633. The maximum absolute atomic E-state index is 4.12. The van der Waals surface area contributed by atoms with Gasteiger partial charge in [0.2, 0.25) is 0 Å². The molecule has 1 nitrogen and oxygen atoms in total. The molecule has 0 aliphatic carbocycles. The standard InChI is InChI=1S/C13H21N/c1-4-8-12(3)14-11-7-6-10-13(14)9-5-2/h4-5,13H,1-3,6-11H2. The Labute approximate surface area is 87.8 Å². The molecule has 1 aliphatic rings. The van der Waals surface area contributed by atoms with E-state index in [9.17, 15) is 0 Å². The molecule has 14 heavy (non-hydrogen) atoms. The van der Waals surface area contributed by atoms with E-state index in [1.54, 1.807) is 0 Å². The van der Waals surface area contributed by atoms with Crippen LogP contribution in [0.25, 0.3) is 0 Å². The number of allylic oxidation sites excluding steroid dienone is 1. The van der Waals surface area contributed by atoms with Gasteiger partial charge in [-0.3, -0.25) is 0 Å². The minimum atomic E-state index is 0.633. The highest BCUT2D eigenvalue weighted by Crippen LogP contribution is 2.24. The molecule has 1 atom stereocenters. The minimum Gasteiger partial charge on any atom is -0.372 e. The van der Waals surface area contributed by atoms with Crippen molar-refractivity contribution in [3.05, 3.63) is 37.6 Å². The third-order valence-electron chi connectivity index (χ3n) is 2.85. The normalized spacial score (nSPS) is 21.7. The summed E-state index contributed by atoms with van der Waals surface area (Å²) < 4.78 is 0. The second-order valence-electron chi connectivity index (χ2n) is 3.93. The zero-order valence-electron chi connectivity index (χ0n) is 9.04. The van der Waals surface area contributed by atoms with Crippen LogP contribution in [0.3, 0.4) is 0 Å². The van der Waals surface area contributed by atoms with E-state index in [0.29, 0.717) is 6.04 Å². The van der Waals surface area contributed by atoms with Crippen LogP contribution in [-0.2, 0) is 0 Å². The van der Waals surface area contributed by atoms with E-state index in [-0.39, 0.29) is 0 Å². The molecule has 0 saturated carbocycles. The van der Waals surface area contributed by atoms with Crippen LogP contribution in [0.2, 0.25) is 0 Å². The molecular weight excluding hydrogens is 170 g/mol. The molecule has 1 aliphatic heterocycles. The molecule has 0 bridgehead atoms. The molecule has 1 heterocycles. The van der Waals surface area contributed by atoms with Crippen molar-refractivity contribution < 1.29 is 0 Å². The second-order valence-corrected chi connectivity index (χ2v) is 3.93. The first kappa shape index (κ1) is 11.1. The highest BCUT2D eigenvalue weighted by atomic mass is 15.2. The molecule has 1 heteroatoms. The largest absolute Gasteiger partial charge is 0.372 e. The highest BCUT2D eigenvalue weighted by Gasteiger charge is 2.21. The van der Waals surface area contributed by atoms with Gasteiger partial charge in [-0.15, -0.1) is 13.2 Å². The van der Waals surface area contributed by atoms with Gasteiger partial charge in [-0.25, -0.2) is 0 Å². The van der Waals surface area contributed by atoms with E-state index in [4.69, 9.17) is 0 Å². The molecule has 0 aromatic carbocycles. The Morgan fingerprint density at radius 3 is 2.71 bits per heavy atom. The molecule has 1 rings (SSSR count). The number of piperidine rings is 1. The van der Waals surface area contributed by atoms with Crippen LogP contribution in [0.4, 0.5) is 0 Å². The van der Waals surface area contributed by atoms with E-state index >= 15 is 0 Å². The van der Waals surface area contributed by atoms with Crippen LogP contribution in [0.15, 0.2) is 37.6 Å². The Balaban J connectivity index is 2.56. The zero-order chi connectivity index (χ0) is 10.4. The number of nitrogens with zero attached hydrogens (tertiary/aromatic N) is 1. The lowest BCUT2D eigenvalue weighted by molar-refractivity contribution is 0.193. The number of hydrogen-bond acceptors (Lipinski definition) is 1. The van der Waals surface area contributed by atoms with E-state index in [0.717, 1.165) is 19.4 Å². The summed E-state index contributed by atoms with van der Waals surface area (Å²) in [6.45, 7) is 12.9. The van der Waals surface area contributed by atoms with Gasteiger partial charge in [-0.1, -0.05) is 18.7 Å². The van der Waals surface area contributed by atoms with Gasteiger partial charge in [-0.05, 0) is 25.7 Å². The summed E-state index contributed by atoms with van der Waals surface area (Å²) in [6.07, 6.45) is 9.86. The van der Waals surface area contributed by atoms with Crippen LogP contribution in [0.1, 0.15) is 32.1 Å². The number of rotatable bonds is 5. The first-order valence-electron chi connectivity index (χ1n) is 5.45. The fourth-order valence-corrected chi connectivity index (χ4v) is 2.14. The van der Waals surface area contributed by atoms with Gasteiger partial charge < -0.3 is 4.90 Å². The average Bonchev–Trinajstić information content (AvgIpc) is 2.19. The van der Waals surface area contributed by atoms with Gasteiger partial charge >= 0.3 is 0 Å². The van der Waals surface area contributed by atoms with Crippen molar-refractivity contribution in [2.75, 3.05) is 6.54 Å². The van der Waals surface area contributed by atoms with E-state index < -0.39 is 0 Å². The van der Waals surface area contributed by atoms with E-state index in [2.05, 4.69) is 24.6 Å². The van der Waals surface area contributed by atoms with E-state index in [1.807, 2.05) is 12.2 Å². The summed E-state index contributed by atoms with van der Waals surface area (Å²) in [7, 11) is 0. The van der Waals surface area contributed by atoms with Gasteiger partial charge in [0.1, 0.15) is 0 Å². The smallest absolute Gasteiger partial charge is 0.0321 e. The predicted molar refractivity (Wildman–Crippen MR) is 63.1 cm³/mol. The first-order chi connectivity index (χ1) is 6.79. The fourth-order valence-electron chi connectivity index (χ4n) is 2.14. The fraction of sp³-hybridized carbons (Fsp3) is 0.538. The third kappa shape index (κ3) is 2.76. The average molecular weight is 191 g/mol. The van der Waals surface area contributed by atoms with Crippen molar-refractivity contribution in [2.45, 2.75) is 38.1 Å². The van der Waals surface area contributed by atoms with Crippen molar-refractivity contribution in [3.63, 3.8) is 0 Å². The minimum absolute atomic E-state index is 0.633. The molecule has 0 aromatic heterocycles. The summed E-state index contributed by atoms with van der Waals surface area (Å²) in [5.74, 6) is 0. The Morgan fingerprint density at radius 2 is 2.07 bits per heavy atom. The zero-order valence-corrected chi connectivity index (χ0v) is 9.04. The molecule has 1 unspecified atom stereocenters. The van der Waals surface area contributed by atoms with Crippen molar-refractivity contribution in [3.8, 4) is 0 Å². The van der Waals surface area contributed by atoms with Gasteiger partial charge in [-0.2, -0.15) is 0 Å². The van der Waals surface area contributed by atoms with Gasteiger partial charge in [0.25, 0.3) is 0 Å². The van der Waals surface area contributed by atoms with Crippen molar-refractivity contribution >= 4 is 0 Å². The van der Waals surface area contributed by atoms with Crippen LogP contribution in [0, 0.1) is 0 Å². The molecular formula is C13H21N. The third-order valence-corrected chi connectivity index (χ3v) is 2.85. The molecule has 0 spiro atoms. The van der Waals surface area contributed by atoms with Crippen molar-refractivity contribution in [1.29, 1.82) is 0 Å². The molecule has 1 fully saturated rings. The second kappa shape index (κ2) is 5.69. The molecule has 0 N–H and O–H groups in total. The highest BCUT2D eigenvalue weighted by molar-refractivity contribution is 5.03. The van der Waals surface area contributed by atoms with Crippen LogP contribution >= 0.6 is 0 Å². The summed E-state index contributed by atoms with van der Waals surface area (Å²) >= 11 is 0. The Hall–Kier alpha value is -0.980. The van der Waals surface area contributed by atoms with Crippen LogP contribution in [0.5, 0.6) is 0 Å². The number of likely N-dealkylation sites (tertiary alicyclic amines) is 1. The van der Waals surface area contributed by atoms with E-state index in [1.165, 1.54) is 25.0 Å². The topological polar surface area (TPSA) is 3.24 Å². The van der Waals surface area contributed by atoms with Crippen molar-refractivity contribution in [1.82, 2.24) is 4.90 Å². The number of hydrogen-bond donors (Lipinski definition) is 0. The Bertz CT molecular complexity index is 217.